The Hall–Kier alpha value is -3.89. The molecule has 0 saturated carbocycles. The summed E-state index contributed by atoms with van der Waals surface area (Å²) in [5.41, 5.74) is 19.9. The largest absolute Gasteiger partial charge is 0.334 e. The fourth-order valence-electron chi connectivity index (χ4n) is 10.4. The summed E-state index contributed by atoms with van der Waals surface area (Å²) in [7, 11) is 0. The van der Waals surface area contributed by atoms with Gasteiger partial charge in [0.25, 0.3) is 0 Å². The molecule has 57 heavy (non-hydrogen) atoms. The Morgan fingerprint density at radius 3 is 1.79 bits per heavy atom. The fraction of sp³-hybridized carbons (Fsp3) is 0.434. The molecule has 2 atom stereocenters. The Morgan fingerprint density at radius 2 is 1.14 bits per heavy atom. The second kappa shape index (κ2) is 12.6. The van der Waals surface area contributed by atoms with Crippen LogP contribution >= 0.6 is 11.8 Å². The van der Waals surface area contributed by atoms with Gasteiger partial charge in [-0.1, -0.05) is 132 Å². The van der Waals surface area contributed by atoms with Gasteiger partial charge < -0.3 is 9.80 Å². The molecule has 3 heterocycles. The minimum absolute atomic E-state index is 0.0250. The molecule has 4 heteroatoms. The Balaban J connectivity index is 1.35. The molecule has 294 valence electrons. The van der Waals surface area contributed by atoms with Crippen molar-refractivity contribution in [3.63, 3.8) is 0 Å². The summed E-state index contributed by atoms with van der Waals surface area (Å²) in [5.74, 6) is 0. The SMILES string of the molecule is Cc1cc2c3c(c1)N(c1ccc4c(c1)C(C)(C)CCC4(C)C)C1c4cc(C(C)(C)C)ccc4SC1B3c1ccc(C(C)(C)C)cc1N2c1ccc(C(C)(C)C)cc1. The predicted molar refractivity (Wildman–Crippen MR) is 250 cm³/mol. The lowest BCUT2D eigenvalue weighted by atomic mass is 9.33. The summed E-state index contributed by atoms with van der Waals surface area (Å²) in [5, 5.41) is 0.300. The maximum absolute atomic E-state index is 2.80. The Morgan fingerprint density at radius 1 is 0.579 bits per heavy atom. The molecule has 5 aromatic carbocycles. The first kappa shape index (κ1) is 38.6. The van der Waals surface area contributed by atoms with Crippen molar-refractivity contribution in [3.8, 4) is 0 Å². The maximum atomic E-state index is 2.80. The molecule has 0 bridgehead atoms. The molecular formula is C53H63BN2S. The maximum Gasteiger partial charge on any atom is 0.233 e. The fourth-order valence-corrected chi connectivity index (χ4v) is 12.0. The number of nitrogens with zero attached hydrogens (tertiary/aromatic N) is 2. The zero-order chi connectivity index (χ0) is 40.8. The first-order valence-corrected chi connectivity index (χ1v) is 22.4. The van der Waals surface area contributed by atoms with Crippen molar-refractivity contribution in [2.45, 2.75) is 153 Å². The zero-order valence-corrected chi connectivity index (χ0v) is 37.9. The highest BCUT2D eigenvalue weighted by molar-refractivity contribution is 8.02. The van der Waals surface area contributed by atoms with Gasteiger partial charge >= 0.3 is 0 Å². The van der Waals surface area contributed by atoms with Gasteiger partial charge in [0.15, 0.2) is 0 Å². The molecule has 5 aromatic rings. The first-order chi connectivity index (χ1) is 26.5. The first-order valence-electron chi connectivity index (χ1n) is 21.5. The van der Waals surface area contributed by atoms with E-state index < -0.39 is 0 Å². The van der Waals surface area contributed by atoms with Gasteiger partial charge in [0.05, 0.1) is 6.04 Å². The van der Waals surface area contributed by atoms with Gasteiger partial charge in [0, 0.05) is 38.5 Å². The van der Waals surface area contributed by atoms with Crippen molar-refractivity contribution >= 4 is 57.8 Å². The number of benzene rings is 5. The van der Waals surface area contributed by atoms with Crippen LogP contribution in [0.4, 0.5) is 28.4 Å². The Bertz CT molecular complexity index is 2430. The van der Waals surface area contributed by atoms with Crippen molar-refractivity contribution < 1.29 is 0 Å². The van der Waals surface area contributed by atoms with Gasteiger partial charge in [0.1, 0.15) is 0 Å². The summed E-state index contributed by atoms with van der Waals surface area (Å²) >= 11 is 2.12. The van der Waals surface area contributed by atoms with E-state index in [1.165, 1.54) is 96.0 Å². The molecule has 0 spiro atoms. The van der Waals surface area contributed by atoms with Crippen molar-refractivity contribution in [2.75, 3.05) is 9.80 Å². The lowest BCUT2D eigenvalue weighted by Gasteiger charge is -2.49. The van der Waals surface area contributed by atoms with E-state index in [1.54, 1.807) is 0 Å². The van der Waals surface area contributed by atoms with Crippen molar-refractivity contribution in [2.24, 2.45) is 0 Å². The van der Waals surface area contributed by atoms with E-state index in [1.807, 2.05) is 0 Å². The van der Waals surface area contributed by atoms with Crippen molar-refractivity contribution in [1.82, 2.24) is 0 Å². The van der Waals surface area contributed by atoms with E-state index in [4.69, 9.17) is 0 Å². The summed E-state index contributed by atoms with van der Waals surface area (Å²) in [6, 6.07) is 37.1. The molecule has 0 amide bonds. The van der Waals surface area contributed by atoms with E-state index >= 15 is 0 Å². The summed E-state index contributed by atoms with van der Waals surface area (Å²) in [6.07, 6.45) is 2.42. The van der Waals surface area contributed by atoms with Gasteiger partial charge in [-0.25, -0.2) is 0 Å². The molecule has 4 aliphatic rings. The minimum atomic E-state index is 0.0250. The third kappa shape index (κ3) is 6.13. The van der Waals surface area contributed by atoms with Gasteiger partial charge in [-0.2, -0.15) is 0 Å². The summed E-state index contributed by atoms with van der Waals surface area (Å²) < 4.78 is 0. The average Bonchev–Trinajstić information content (AvgIpc) is 3.50. The van der Waals surface area contributed by atoms with Crippen LogP contribution < -0.4 is 20.7 Å². The molecular weight excluding hydrogens is 707 g/mol. The molecule has 3 aliphatic heterocycles. The summed E-state index contributed by atoms with van der Waals surface area (Å²) in [4.78, 5) is 6.84. The average molecular weight is 771 g/mol. The number of hydrogen-bond acceptors (Lipinski definition) is 3. The van der Waals surface area contributed by atoms with Gasteiger partial charge in [-0.05, 0) is 145 Å². The van der Waals surface area contributed by atoms with Crippen molar-refractivity contribution in [1.29, 1.82) is 0 Å². The quantitative estimate of drug-likeness (QED) is 0.165. The number of hydrogen-bond donors (Lipinski definition) is 0. The number of anilines is 5. The second-order valence-corrected chi connectivity index (χ2v) is 23.5. The van der Waals surface area contributed by atoms with Crippen LogP contribution in [0.1, 0.15) is 148 Å². The van der Waals surface area contributed by atoms with Crippen LogP contribution in [0, 0.1) is 6.92 Å². The van der Waals surface area contributed by atoms with Crippen LogP contribution in [-0.2, 0) is 27.1 Å². The monoisotopic (exact) mass is 770 g/mol. The van der Waals surface area contributed by atoms with E-state index in [9.17, 15) is 0 Å². The Kier molecular flexibility index (Phi) is 8.51. The lowest BCUT2D eigenvalue weighted by Crippen LogP contribution is -2.62. The molecule has 9 rings (SSSR count). The third-order valence-electron chi connectivity index (χ3n) is 14.0. The van der Waals surface area contributed by atoms with Crippen LogP contribution in [0.25, 0.3) is 0 Å². The molecule has 0 fully saturated rings. The van der Waals surface area contributed by atoms with Crippen LogP contribution in [0.2, 0.25) is 0 Å². The second-order valence-electron chi connectivity index (χ2n) is 22.2. The lowest BCUT2D eigenvalue weighted by molar-refractivity contribution is 0.332. The number of thioether (sulfide) groups is 1. The van der Waals surface area contributed by atoms with Crippen LogP contribution in [0.5, 0.6) is 0 Å². The highest BCUT2D eigenvalue weighted by Gasteiger charge is 2.54. The van der Waals surface area contributed by atoms with Crippen molar-refractivity contribution in [3.05, 3.63) is 130 Å². The van der Waals surface area contributed by atoms with E-state index in [2.05, 4.69) is 209 Å². The molecule has 0 radical (unpaired) electrons. The molecule has 2 unspecified atom stereocenters. The van der Waals surface area contributed by atoms with Gasteiger partial charge in [-0.3, -0.25) is 0 Å². The molecule has 2 nitrogen and oxygen atoms in total. The molecule has 1 aliphatic carbocycles. The third-order valence-corrected chi connectivity index (χ3v) is 15.5. The predicted octanol–water partition coefficient (Wildman–Crippen LogP) is 13.5. The molecule has 0 aromatic heterocycles. The smallest absolute Gasteiger partial charge is 0.233 e. The normalized spacial score (nSPS) is 20.4. The van der Waals surface area contributed by atoms with Gasteiger partial charge in [-0.15, -0.1) is 11.8 Å². The highest BCUT2D eigenvalue weighted by Crippen LogP contribution is 2.58. The highest BCUT2D eigenvalue weighted by atomic mass is 32.2. The van der Waals surface area contributed by atoms with E-state index in [0.717, 1.165) is 0 Å². The summed E-state index contributed by atoms with van der Waals surface area (Å²) in [6.45, 7) is 33.4. The number of rotatable bonds is 2. The molecule has 0 N–H and O–H groups in total. The minimum Gasteiger partial charge on any atom is -0.334 e. The number of aryl methyl sites for hydroxylation is 1. The topological polar surface area (TPSA) is 6.48 Å². The number of fused-ring (bicyclic) bond motifs is 7. The van der Waals surface area contributed by atoms with Crippen LogP contribution in [0.15, 0.2) is 95.9 Å². The Labute approximate surface area is 348 Å². The van der Waals surface area contributed by atoms with Crippen LogP contribution in [-0.4, -0.2) is 11.9 Å². The standard InChI is InChI=1S/C53H63BN2S/c1-32-27-43-46-44(28-32)56(37-21-22-39-40(31-37)53(13,14)26-25-52(39,11)12)47-38-29-34(50(5,6)7)18-24-45(38)57-48(47)54(46)41-23-17-35(51(8,9)10)30-42(41)55(43)36-19-15-33(16-20-36)49(2,3)4/h15-24,27-31,47-48H,25-26H2,1-14H3. The zero-order valence-electron chi connectivity index (χ0n) is 37.1. The van der Waals surface area contributed by atoms with E-state index in [-0.39, 0.29) is 39.8 Å². The van der Waals surface area contributed by atoms with E-state index in [0.29, 0.717) is 5.15 Å². The van der Waals surface area contributed by atoms with Gasteiger partial charge in [0.2, 0.25) is 6.71 Å². The molecule has 0 saturated heterocycles. The van der Waals surface area contributed by atoms with Crippen LogP contribution in [0.3, 0.4) is 0 Å².